The fraction of sp³-hybridized carbons (Fsp3) is 0.0556. The van der Waals surface area contributed by atoms with E-state index < -0.39 is 0 Å². The van der Waals surface area contributed by atoms with Gasteiger partial charge < -0.3 is 8.98 Å². The van der Waals surface area contributed by atoms with Crippen molar-refractivity contribution in [3.63, 3.8) is 0 Å². The molecule has 0 saturated carbocycles. The number of fused-ring (bicyclic) bond motifs is 6. The normalized spacial score (nSPS) is 12.2. The summed E-state index contributed by atoms with van der Waals surface area (Å²) >= 11 is 0. The van der Waals surface area contributed by atoms with Crippen molar-refractivity contribution in [1.29, 1.82) is 0 Å². The minimum atomic E-state index is 0.861. The molecular formula is C36H27NO. The van der Waals surface area contributed by atoms with E-state index in [-0.39, 0.29) is 0 Å². The highest BCUT2D eigenvalue weighted by atomic mass is 16.3. The number of furan rings is 1. The summed E-state index contributed by atoms with van der Waals surface area (Å²) in [7, 11) is 0. The first-order valence-corrected chi connectivity index (χ1v) is 13.0. The molecule has 0 N–H and O–H groups in total. The Hall–Kier alpha value is -4.82. The Kier molecular flexibility index (Phi) is 5.09. The van der Waals surface area contributed by atoms with Crippen molar-refractivity contribution < 1.29 is 4.42 Å². The van der Waals surface area contributed by atoms with E-state index in [1.54, 1.807) is 6.08 Å². The lowest BCUT2D eigenvalue weighted by Crippen LogP contribution is -2.21. The Morgan fingerprint density at radius 2 is 1.42 bits per heavy atom. The first kappa shape index (κ1) is 22.4. The second-order valence-corrected chi connectivity index (χ2v) is 10.0. The summed E-state index contributed by atoms with van der Waals surface area (Å²) in [6.07, 6.45) is 3.73. The van der Waals surface area contributed by atoms with Crippen LogP contribution in [0.25, 0.3) is 72.0 Å². The lowest BCUT2D eigenvalue weighted by atomic mass is 9.99. The van der Waals surface area contributed by atoms with E-state index >= 15 is 0 Å². The summed E-state index contributed by atoms with van der Waals surface area (Å²) < 4.78 is 8.55. The number of hydrogen-bond acceptors (Lipinski definition) is 1. The van der Waals surface area contributed by atoms with Crippen molar-refractivity contribution in [2.24, 2.45) is 0 Å². The number of aromatic nitrogens is 1. The van der Waals surface area contributed by atoms with Crippen molar-refractivity contribution in [3.05, 3.63) is 126 Å². The van der Waals surface area contributed by atoms with Gasteiger partial charge in [0.25, 0.3) is 0 Å². The number of rotatable bonds is 3. The molecule has 182 valence electrons. The lowest BCUT2D eigenvalue weighted by molar-refractivity contribution is 0.575. The quantitative estimate of drug-likeness (QED) is 0.243. The molecule has 0 atom stereocenters. The van der Waals surface area contributed by atoms with Crippen LogP contribution in [-0.2, 0) is 0 Å². The first-order valence-electron chi connectivity index (χ1n) is 13.0. The third kappa shape index (κ3) is 3.34. The standard InChI is InChI=1S/C36H27NO/c1-4-10-34-35(23(2)3)30-22-26(17-20-33(30)38-34)25-16-18-31-29(21-25)36-28-14-9-8-11-24(28)15-19-32(36)37(31)27-12-6-5-7-13-27/h4-22H,1H2,2-3H3/b34-10+. The van der Waals surface area contributed by atoms with Crippen LogP contribution >= 0.6 is 0 Å². The molecule has 2 heteroatoms. The maximum atomic E-state index is 6.17. The molecule has 7 rings (SSSR count). The van der Waals surface area contributed by atoms with Crippen molar-refractivity contribution >= 4 is 55.2 Å². The molecule has 0 aliphatic rings. The third-order valence-corrected chi connectivity index (χ3v) is 7.49. The van der Waals surface area contributed by atoms with Gasteiger partial charge >= 0.3 is 0 Å². The molecule has 0 unspecified atom stereocenters. The van der Waals surface area contributed by atoms with Gasteiger partial charge in [-0.15, -0.1) is 0 Å². The van der Waals surface area contributed by atoms with Crippen LogP contribution in [0.1, 0.15) is 13.8 Å². The smallest absolute Gasteiger partial charge is 0.135 e. The number of hydrogen-bond donors (Lipinski definition) is 0. The zero-order valence-electron chi connectivity index (χ0n) is 21.5. The molecule has 0 aliphatic heterocycles. The predicted molar refractivity (Wildman–Crippen MR) is 162 cm³/mol. The molecular weight excluding hydrogens is 462 g/mol. The van der Waals surface area contributed by atoms with E-state index in [1.165, 1.54) is 55.0 Å². The van der Waals surface area contributed by atoms with E-state index in [2.05, 4.69) is 128 Å². The van der Waals surface area contributed by atoms with Crippen molar-refractivity contribution in [1.82, 2.24) is 4.57 Å². The van der Waals surface area contributed by atoms with E-state index in [1.807, 2.05) is 6.08 Å². The van der Waals surface area contributed by atoms with Gasteiger partial charge in [0, 0.05) is 27.1 Å². The highest BCUT2D eigenvalue weighted by Crippen LogP contribution is 2.38. The molecule has 0 fully saturated rings. The molecule has 0 radical (unpaired) electrons. The van der Waals surface area contributed by atoms with Gasteiger partial charge in [-0.3, -0.25) is 0 Å². The van der Waals surface area contributed by atoms with Crippen LogP contribution in [0.4, 0.5) is 0 Å². The highest BCUT2D eigenvalue weighted by Gasteiger charge is 2.16. The number of allylic oxidation sites excluding steroid dienone is 1. The monoisotopic (exact) mass is 489 g/mol. The van der Waals surface area contributed by atoms with Gasteiger partial charge in [0.05, 0.1) is 11.0 Å². The largest absolute Gasteiger partial charge is 0.456 e. The fourth-order valence-corrected chi connectivity index (χ4v) is 5.86. The minimum Gasteiger partial charge on any atom is -0.456 e. The predicted octanol–water partition coefficient (Wildman–Crippen LogP) is 8.51. The Morgan fingerprint density at radius 3 is 2.21 bits per heavy atom. The maximum Gasteiger partial charge on any atom is 0.135 e. The average molecular weight is 490 g/mol. The van der Waals surface area contributed by atoms with Gasteiger partial charge in [-0.2, -0.15) is 0 Å². The summed E-state index contributed by atoms with van der Waals surface area (Å²) in [4.78, 5) is 0. The van der Waals surface area contributed by atoms with Gasteiger partial charge in [-0.05, 0) is 84.3 Å². The molecule has 7 aromatic rings. The molecule has 2 nitrogen and oxygen atoms in total. The summed E-state index contributed by atoms with van der Waals surface area (Å²) in [6, 6.07) is 37.2. The summed E-state index contributed by atoms with van der Waals surface area (Å²) in [6.45, 7) is 8.13. The molecule has 5 aromatic carbocycles. The van der Waals surface area contributed by atoms with Gasteiger partial charge in [-0.25, -0.2) is 0 Å². The molecule has 0 bridgehead atoms. The van der Waals surface area contributed by atoms with Crippen molar-refractivity contribution in [3.8, 4) is 16.8 Å². The number of benzene rings is 5. The molecule has 0 amide bonds. The summed E-state index contributed by atoms with van der Waals surface area (Å²) in [5.74, 6) is 0. The van der Waals surface area contributed by atoms with Crippen molar-refractivity contribution in [2.75, 3.05) is 0 Å². The van der Waals surface area contributed by atoms with E-state index in [4.69, 9.17) is 4.42 Å². The van der Waals surface area contributed by atoms with E-state index in [9.17, 15) is 0 Å². The molecule has 0 aliphatic carbocycles. The number of para-hydroxylation sites is 1. The van der Waals surface area contributed by atoms with Crippen molar-refractivity contribution in [2.45, 2.75) is 13.8 Å². The SMILES string of the molecule is C=C/C=c1/oc2ccc(-c3ccc4c(c3)c3c5ccccc5ccc3n4-c3ccccc3)cc2c1=C(C)C. The van der Waals surface area contributed by atoms with Crippen LogP contribution in [0.15, 0.2) is 120 Å². The Bertz CT molecular complexity index is 2150. The molecule has 2 aromatic heterocycles. The Labute approximate surface area is 221 Å². The summed E-state index contributed by atoms with van der Waals surface area (Å²) in [5.41, 5.74) is 8.93. The van der Waals surface area contributed by atoms with Crippen LogP contribution in [0.5, 0.6) is 0 Å². The topological polar surface area (TPSA) is 18.1 Å². The lowest BCUT2D eigenvalue weighted by Gasteiger charge is -2.08. The average Bonchev–Trinajstić information content (AvgIpc) is 3.48. The van der Waals surface area contributed by atoms with Gasteiger partial charge in [0.2, 0.25) is 0 Å². The van der Waals surface area contributed by atoms with Crippen LogP contribution < -0.4 is 10.6 Å². The first-order chi connectivity index (χ1) is 18.6. The Balaban J connectivity index is 1.56. The van der Waals surface area contributed by atoms with Gasteiger partial charge in [-0.1, -0.05) is 78.9 Å². The molecule has 38 heavy (non-hydrogen) atoms. The van der Waals surface area contributed by atoms with Crippen LogP contribution in [0.2, 0.25) is 0 Å². The Morgan fingerprint density at radius 1 is 0.711 bits per heavy atom. The van der Waals surface area contributed by atoms with E-state index in [0.717, 1.165) is 21.6 Å². The molecule has 0 saturated heterocycles. The third-order valence-electron chi connectivity index (χ3n) is 7.49. The minimum absolute atomic E-state index is 0.861. The second kappa shape index (κ2) is 8.64. The van der Waals surface area contributed by atoms with Crippen LogP contribution in [-0.4, -0.2) is 4.57 Å². The van der Waals surface area contributed by atoms with Gasteiger partial charge in [0.15, 0.2) is 0 Å². The zero-order chi connectivity index (χ0) is 25.8. The van der Waals surface area contributed by atoms with Crippen LogP contribution in [0, 0.1) is 0 Å². The summed E-state index contributed by atoms with van der Waals surface area (Å²) in [5, 5.41) is 7.35. The second-order valence-electron chi connectivity index (χ2n) is 10.0. The molecule has 2 heterocycles. The van der Waals surface area contributed by atoms with Gasteiger partial charge in [0.1, 0.15) is 11.0 Å². The highest BCUT2D eigenvalue weighted by molar-refractivity contribution is 6.21. The zero-order valence-corrected chi connectivity index (χ0v) is 21.5. The number of nitrogens with zero attached hydrogens (tertiary/aromatic N) is 1. The maximum absolute atomic E-state index is 6.17. The van der Waals surface area contributed by atoms with E-state index in [0.29, 0.717) is 0 Å². The fourth-order valence-electron chi connectivity index (χ4n) is 5.86. The molecule has 0 spiro atoms. The van der Waals surface area contributed by atoms with Crippen LogP contribution in [0.3, 0.4) is 0 Å².